The number of benzene rings is 1. The lowest BCUT2D eigenvalue weighted by Gasteiger charge is -2.30. The molecule has 1 saturated carbocycles. The molecule has 2 saturated heterocycles. The number of rotatable bonds is 6. The molecule has 1 aromatic rings. The van der Waals surface area contributed by atoms with Gasteiger partial charge in [0.15, 0.2) is 0 Å². The summed E-state index contributed by atoms with van der Waals surface area (Å²) in [6, 6.07) is 7.57. The van der Waals surface area contributed by atoms with Crippen molar-refractivity contribution in [2.45, 2.75) is 64.0 Å². The van der Waals surface area contributed by atoms with Gasteiger partial charge in [-0.1, -0.05) is 31.9 Å². The minimum absolute atomic E-state index is 0.100. The highest BCUT2D eigenvalue weighted by atomic mass is 16.2. The van der Waals surface area contributed by atoms with Gasteiger partial charge in [-0.25, -0.2) is 4.79 Å². The van der Waals surface area contributed by atoms with Crippen LogP contribution >= 0.6 is 0 Å². The summed E-state index contributed by atoms with van der Waals surface area (Å²) in [6.45, 7) is 5.65. The lowest BCUT2D eigenvalue weighted by atomic mass is 9.98. The monoisotopic (exact) mass is 412 g/mol. The van der Waals surface area contributed by atoms with Crippen molar-refractivity contribution in [3.63, 3.8) is 0 Å². The molecule has 30 heavy (non-hydrogen) atoms. The van der Waals surface area contributed by atoms with Crippen LogP contribution in [-0.4, -0.2) is 52.8 Å². The number of carbonyl (C=O) groups excluding carboxylic acids is 3. The topological polar surface area (TPSA) is 81.8 Å². The molecule has 1 aliphatic carbocycles. The van der Waals surface area contributed by atoms with E-state index in [0.717, 1.165) is 44.1 Å². The Kier molecular flexibility index (Phi) is 6.09. The molecule has 1 spiro atoms. The lowest BCUT2D eigenvalue weighted by Crippen LogP contribution is -2.44. The van der Waals surface area contributed by atoms with E-state index in [9.17, 15) is 14.4 Å². The van der Waals surface area contributed by atoms with Gasteiger partial charge >= 0.3 is 6.03 Å². The summed E-state index contributed by atoms with van der Waals surface area (Å²) in [5.41, 5.74) is 1.26. The second kappa shape index (κ2) is 8.76. The van der Waals surface area contributed by atoms with Gasteiger partial charge in [-0.05, 0) is 62.4 Å². The smallest absolute Gasteiger partial charge is 0.325 e. The fourth-order valence-electron chi connectivity index (χ4n) is 4.81. The van der Waals surface area contributed by atoms with E-state index in [1.165, 1.54) is 23.3 Å². The highest BCUT2D eigenvalue weighted by Crippen LogP contribution is 2.35. The fraction of sp³-hybridized carbons (Fsp3) is 0.609. The molecule has 0 radical (unpaired) electrons. The normalized spacial score (nSPS) is 22.0. The van der Waals surface area contributed by atoms with E-state index in [4.69, 9.17) is 0 Å². The quantitative estimate of drug-likeness (QED) is 0.704. The zero-order valence-electron chi connectivity index (χ0n) is 17.8. The maximum Gasteiger partial charge on any atom is 0.325 e. The Morgan fingerprint density at radius 1 is 1.13 bits per heavy atom. The van der Waals surface area contributed by atoms with Crippen LogP contribution in [0.5, 0.6) is 0 Å². The third-order valence-corrected chi connectivity index (χ3v) is 6.79. The van der Waals surface area contributed by atoms with Crippen molar-refractivity contribution < 1.29 is 14.4 Å². The highest BCUT2D eigenvalue weighted by molar-refractivity contribution is 6.07. The third kappa shape index (κ3) is 4.51. The Morgan fingerprint density at radius 3 is 2.47 bits per heavy atom. The number of nitrogens with zero attached hydrogens (tertiary/aromatic N) is 2. The summed E-state index contributed by atoms with van der Waals surface area (Å²) in [5, 5.41) is 5.72. The van der Waals surface area contributed by atoms with Gasteiger partial charge in [0.25, 0.3) is 5.91 Å². The van der Waals surface area contributed by atoms with Gasteiger partial charge in [-0.2, -0.15) is 0 Å². The Bertz CT molecular complexity index is 793. The molecule has 3 fully saturated rings. The van der Waals surface area contributed by atoms with Crippen LogP contribution in [0.15, 0.2) is 24.3 Å². The predicted octanol–water partition coefficient (Wildman–Crippen LogP) is 3.11. The van der Waals surface area contributed by atoms with Crippen LogP contribution in [0.2, 0.25) is 0 Å². The van der Waals surface area contributed by atoms with Gasteiger partial charge in [0, 0.05) is 25.2 Å². The number of imide groups is 1. The van der Waals surface area contributed by atoms with Crippen molar-refractivity contribution in [3.8, 4) is 0 Å². The van der Waals surface area contributed by atoms with Gasteiger partial charge in [0.1, 0.15) is 5.54 Å². The molecule has 2 N–H and O–H groups in total. The molecule has 1 aromatic carbocycles. The maximum absolute atomic E-state index is 12.6. The molecule has 0 aromatic heterocycles. The van der Waals surface area contributed by atoms with Gasteiger partial charge < -0.3 is 10.6 Å². The third-order valence-electron chi connectivity index (χ3n) is 6.79. The van der Waals surface area contributed by atoms with Gasteiger partial charge in [-0.15, -0.1) is 0 Å². The van der Waals surface area contributed by atoms with E-state index < -0.39 is 5.54 Å². The molecular weight excluding hydrogens is 380 g/mol. The van der Waals surface area contributed by atoms with Crippen molar-refractivity contribution >= 4 is 23.5 Å². The molecule has 2 heterocycles. The number of piperidine rings is 1. The Labute approximate surface area is 178 Å². The lowest BCUT2D eigenvalue weighted by molar-refractivity contribution is -0.131. The zero-order valence-corrected chi connectivity index (χ0v) is 17.8. The number of urea groups is 1. The van der Waals surface area contributed by atoms with Crippen molar-refractivity contribution in [1.82, 2.24) is 15.1 Å². The average Bonchev–Trinajstić information content (AvgIpc) is 3.29. The summed E-state index contributed by atoms with van der Waals surface area (Å²) in [7, 11) is 0. The van der Waals surface area contributed by atoms with Crippen LogP contribution in [-0.2, 0) is 16.1 Å². The zero-order chi connectivity index (χ0) is 21.1. The van der Waals surface area contributed by atoms with Crippen LogP contribution in [0.4, 0.5) is 10.5 Å². The van der Waals surface area contributed by atoms with Crippen molar-refractivity contribution in [1.29, 1.82) is 0 Å². The van der Waals surface area contributed by atoms with Crippen molar-refractivity contribution in [3.05, 3.63) is 29.8 Å². The molecular formula is C23H32N4O3. The van der Waals surface area contributed by atoms with Crippen molar-refractivity contribution in [2.24, 2.45) is 5.92 Å². The minimum atomic E-state index is -0.713. The summed E-state index contributed by atoms with van der Waals surface area (Å²) in [4.78, 5) is 40.8. The summed E-state index contributed by atoms with van der Waals surface area (Å²) in [6.07, 6.45) is 5.91. The predicted molar refractivity (Wildman–Crippen MR) is 115 cm³/mol. The number of anilines is 1. The average molecular weight is 413 g/mol. The summed E-state index contributed by atoms with van der Waals surface area (Å²) in [5.74, 6) is 0.458. The fourth-order valence-corrected chi connectivity index (χ4v) is 4.81. The summed E-state index contributed by atoms with van der Waals surface area (Å²) >= 11 is 0. The molecule has 0 atom stereocenters. The van der Waals surface area contributed by atoms with E-state index in [1.807, 2.05) is 12.1 Å². The molecule has 4 rings (SSSR count). The first kappa shape index (κ1) is 20.8. The van der Waals surface area contributed by atoms with E-state index in [0.29, 0.717) is 12.8 Å². The number of nitrogens with one attached hydrogen (secondary N) is 2. The Balaban J connectivity index is 1.24. The number of hydrogen-bond acceptors (Lipinski definition) is 4. The van der Waals surface area contributed by atoms with Gasteiger partial charge in [-0.3, -0.25) is 19.4 Å². The van der Waals surface area contributed by atoms with Crippen LogP contribution in [0.3, 0.4) is 0 Å². The number of carbonyl (C=O) groups is 3. The summed E-state index contributed by atoms with van der Waals surface area (Å²) < 4.78 is 0. The molecule has 7 nitrogen and oxygen atoms in total. The van der Waals surface area contributed by atoms with Crippen molar-refractivity contribution in [2.75, 3.05) is 25.0 Å². The number of amides is 4. The molecule has 4 amide bonds. The molecule has 3 aliphatic rings. The molecule has 0 bridgehead atoms. The van der Waals surface area contributed by atoms with Crippen LogP contribution in [0.1, 0.15) is 57.4 Å². The van der Waals surface area contributed by atoms with Gasteiger partial charge in [0.2, 0.25) is 5.91 Å². The van der Waals surface area contributed by atoms with E-state index >= 15 is 0 Å². The van der Waals surface area contributed by atoms with E-state index in [2.05, 4.69) is 34.6 Å². The van der Waals surface area contributed by atoms with Crippen LogP contribution in [0.25, 0.3) is 0 Å². The number of hydrogen-bond donors (Lipinski definition) is 2. The second-order valence-corrected chi connectivity index (χ2v) is 9.13. The second-order valence-electron chi connectivity index (χ2n) is 9.13. The van der Waals surface area contributed by atoms with Gasteiger partial charge in [0.05, 0.1) is 0 Å². The molecule has 0 unspecified atom stereocenters. The van der Waals surface area contributed by atoms with E-state index in [-0.39, 0.29) is 30.8 Å². The van der Waals surface area contributed by atoms with E-state index in [1.54, 1.807) is 0 Å². The Morgan fingerprint density at radius 2 is 1.80 bits per heavy atom. The molecule has 7 heteroatoms. The SMILES string of the molecule is CC1CCN(Cc2ccc(NC(=O)CCN3C(=O)NC4(CCCC4)C3=O)cc2)CC1. The molecule has 2 aliphatic heterocycles. The Hall–Kier alpha value is -2.41. The largest absolute Gasteiger partial charge is 0.326 e. The molecule has 162 valence electrons. The van der Waals surface area contributed by atoms with Crippen LogP contribution < -0.4 is 10.6 Å². The standard InChI is InChI=1S/C23H32N4O3/c1-17-8-13-26(14-9-17)16-18-4-6-19(7-5-18)24-20(28)10-15-27-21(29)23(25-22(27)30)11-2-3-12-23/h4-7,17H,2-3,8-16H2,1H3,(H,24,28)(H,25,30). The maximum atomic E-state index is 12.6. The highest BCUT2D eigenvalue weighted by Gasteiger charge is 2.52. The first-order valence-corrected chi connectivity index (χ1v) is 11.2. The number of likely N-dealkylation sites (tertiary alicyclic amines) is 1. The van der Waals surface area contributed by atoms with Crippen LogP contribution in [0, 0.1) is 5.92 Å². The minimum Gasteiger partial charge on any atom is -0.326 e. The first-order chi connectivity index (χ1) is 14.4. The first-order valence-electron chi connectivity index (χ1n) is 11.2.